The fourth-order valence-corrected chi connectivity index (χ4v) is 6.32. The van der Waals surface area contributed by atoms with Crippen LogP contribution in [0.1, 0.15) is 96.3 Å². The van der Waals surface area contributed by atoms with Crippen LogP contribution in [0.3, 0.4) is 0 Å². The average Bonchev–Trinajstić information content (AvgIpc) is 2.97. The Bertz CT molecular complexity index is 1440. The van der Waals surface area contributed by atoms with E-state index in [1.54, 1.807) is 0 Å². The molecule has 0 aliphatic heterocycles. The van der Waals surface area contributed by atoms with Crippen molar-refractivity contribution in [2.45, 2.75) is 77.0 Å². The highest BCUT2D eigenvalue weighted by molar-refractivity contribution is 6.10. The lowest BCUT2D eigenvalue weighted by molar-refractivity contribution is 0.0964. The fraction of sp³-hybridized carbons (Fsp3) is 0.412. The third-order valence-corrected chi connectivity index (χ3v) is 8.33. The Kier molecular flexibility index (Phi) is 8.03. The number of aryl methyl sites for hydroxylation is 2. The Morgan fingerprint density at radius 3 is 1.45 bits per heavy atom. The first-order valence-corrected chi connectivity index (χ1v) is 15.1. The number of nitrogens with one attached hydrogen (secondary N) is 2. The lowest BCUT2D eigenvalue weighted by Crippen LogP contribution is -2.17. The number of para-hydroxylation sites is 2. The number of Topliss-reactive ketones (excluding diaryl/α,β-unsaturated/α-hetero) is 2. The van der Waals surface area contributed by atoms with Gasteiger partial charge in [0.1, 0.15) is 0 Å². The number of hydrogen-bond donors (Lipinski definition) is 2. The standard InChI is InChI=1S/C34H38N4O2/c39-29-19-11-17-27-31(29)33(23-13-5-7-15-25(23)37-27)35-21-9-3-1-2-4-10-22-36-34-24-14-6-8-16-26(24)38-28-18-12-20-30(40)32(28)34/h5-8,13-16H,1-4,9-12,17-22H2,(H,35,37)(H,36,38). The van der Waals surface area contributed by atoms with Crippen LogP contribution in [0.25, 0.3) is 21.8 Å². The van der Waals surface area contributed by atoms with Gasteiger partial charge in [-0.05, 0) is 50.7 Å². The van der Waals surface area contributed by atoms with Crippen LogP contribution in [0, 0.1) is 0 Å². The number of anilines is 2. The van der Waals surface area contributed by atoms with Crippen molar-refractivity contribution in [2.24, 2.45) is 0 Å². The monoisotopic (exact) mass is 534 g/mol. The van der Waals surface area contributed by atoms with E-state index in [2.05, 4.69) is 22.8 Å². The van der Waals surface area contributed by atoms with Crippen LogP contribution in [0.2, 0.25) is 0 Å². The number of hydrogen-bond acceptors (Lipinski definition) is 6. The lowest BCUT2D eigenvalue weighted by Gasteiger charge is -2.21. The zero-order chi connectivity index (χ0) is 27.3. The summed E-state index contributed by atoms with van der Waals surface area (Å²) in [5.41, 5.74) is 7.46. The molecule has 6 nitrogen and oxygen atoms in total. The van der Waals surface area contributed by atoms with Gasteiger partial charge in [-0.15, -0.1) is 0 Å². The summed E-state index contributed by atoms with van der Waals surface area (Å²) in [4.78, 5) is 35.1. The number of aromatic nitrogens is 2. The number of pyridine rings is 2. The van der Waals surface area contributed by atoms with E-state index in [0.717, 1.165) is 120 Å². The summed E-state index contributed by atoms with van der Waals surface area (Å²) in [7, 11) is 0. The lowest BCUT2D eigenvalue weighted by atomic mass is 9.91. The molecule has 0 radical (unpaired) electrons. The second kappa shape index (κ2) is 12.2. The van der Waals surface area contributed by atoms with Gasteiger partial charge in [-0.3, -0.25) is 19.6 Å². The van der Waals surface area contributed by atoms with Crippen LogP contribution in [0.5, 0.6) is 0 Å². The van der Waals surface area contributed by atoms with E-state index in [4.69, 9.17) is 9.97 Å². The third kappa shape index (κ3) is 5.45. The van der Waals surface area contributed by atoms with Gasteiger partial charge in [-0.2, -0.15) is 0 Å². The number of fused-ring (bicyclic) bond motifs is 4. The molecule has 40 heavy (non-hydrogen) atoms. The van der Waals surface area contributed by atoms with Crippen molar-refractivity contribution in [3.63, 3.8) is 0 Å². The molecule has 2 N–H and O–H groups in total. The largest absolute Gasteiger partial charge is 0.384 e. The number of rotatable bonds is 11. The summed E-state index contributed by atoms with van der Waals surface area (Å²) >= 11 is 0. The highest BCUT2D eigenvalue weighted by Crippen LogP contribution is 2.34. The number of carbonyl (C=O) groups is 2. The highest BCUT2D eigenvalue weighted by Gasteiger charge is 2.25. The quantitative estimate of drug-likeness (QED) is 0.192. The third-order valence-electron chi connectivity index (χ3n) is 8.33. The van der Waals surface area contributed by atoms with E-state index in [0.29, 0.717) is 12.8 Å². The molecule has 6 rings (SSSR count). The molecule has 0 spiro atoms. The highest BCUT2D eigenvalue weighted by atomic mass is 16.1. The van der Waals surface area contributed by atoms with Gasteiger partial charge in [0.2, 0.25) is 0 Å². The second-order valence-electron chi connectivity index (χ2n) is 11.2. The molecular weight excluding hydrogens is 496 g/mol. The van der Waals surface area contributed by atoms with Gasteiger partial charge < -0.3 is 10.6 Å². The van der Waals surface area contributed by atoms with E-state index in [1.165, 1.54) is 12.8 Å². The summed E-state index contributed by atoms with van der Waals surface area (Å²) in [5, 5.41) is 9.33. The van der Waals surface area contributed by atoms with E-state index >= 15 is 0 Å². The maximum atomic E-state index is 12.7. The zero-order valence-corrected chi connectivity index (χ0v) is 23.2. The summed E-state index contributed by atoms with van der Waals surface area (Å²) in [6.07, 6.45) is 11.7. The minimum atomic E-state index is 0.222. The number of benzene rings is 2. The molecule has 0 unspecified atom stereocenters. The molecular formula is C34H38N4O2. The molecule has 2 aliphatic rings. The number of carbonyl (C=O) groups excluding carboxylic acids is 2. The van der Waals surface area contributed by atoms with Crippen molar-refractivity contribution in [3.05, 3.63) is 71.0 Å². The molecule has 0 amide bonds. The Hall–Kier alpha value is -3.80. The average molecular weight is 535 g/mol. The van der Waals surface area contributed by atoms with Crippen LogP contribution in [-0.2, 0) is 12.8 Å². The van der Waals surface area contributed by atoms with Crippen molar-refractivity contribution < 1.29 is 9.59 Å². The predicted octanol–water partition coefficient (Wildman–Crippen LogP) is 7.69. The molecule has 6 heteroatoms. The van der Waals surface area contributed by atoms with Crippen molar-refractivity contribution in [2.75, 3.05) is 23.7 Å². The molecule has 2 aliphatic carbocycles. The maximum Gasteiger partial charge on any atom is 0.166 e. The molecule has 2 heterocycles. The van der Waals surface area contributed by atoms with Gasteiger partial charge in [0.15, 0.2) is 11.6 Å². The summed E-state index contributed by atoms with van der Waals surface area (Å²) < 4.78 is 0. The van der Waals surface area contributed by atoms with Gasteiger partial charge in [-0.25, -0.2) is 0 Å². The van der Waals surface area contributed by atoms with Crippen molar-refractivity contribution in [3.8, 4) is 0 Å². The van der Waals surface area contributed by atoms with Gasteiger partial charge in [0, 0.05) is 36.7 Å². The Labute approximate surface area is 236 Å². The summed E-state index contributed by atoms with van der Waals surface area (Å²) in [6.45, 7) is 1.73. The molecule has 0 saturated carbocycles. The van der Waals surface area contributed by atoms with Crippen LogP contribution in [0.4, 0.5) is 11.4 Å². The number of nitrogens with zero attached hydrogens (tertiary/aromatic N) is 2. The van der Waals surface area contributed by atoms with E-state index in [-0.39, 0.29) is 11.6 Å². The van der Waals surface area contributed by atoms with Crippen LogP contribution < -0.4 is 10.6 Å². The van der Waals surface area contributed by atoms with Gasteiger partial charge in [0.25, 0.3) is 0 Å². The van der Waals surface area contributed by atoms with Crippen molar-refractivity contribution >= 4 is 44.7 Å². The van der Waals surface area contributed by atoms with Crippen LogP contribution >= 0.6 is 0 Å². The Morgan fingerprint density at radius 1 is 0.550 bits per heavy atom. The Morgan fingerprint density at radius 2 is 0.975 bits per heavy atom. The number of unbranched alkanes of at least 4 members (excludes halogenated alkanes) is 5. The Balaban J connectivity index is 0.969. The molecule has 2 aromatic heterocycles. The van der Waals surface area contributed by atoms with Crippen LogP contribution in [0.15, 0.2) is 48.5 Å². The second-order valence-corrected chi connectivity index (χ2v) is 11.2. The number of ketones is 2. The van der Waals surface area contributed by atoms with E-state index in [1.807, 2.05) is 36.4 Å². The van der Waals surface area contributed by atoms with E-state index in [9.17, 15) is 9.59 Å². The predicted molar refractivity (Wildman–Crippen MR) is 163 cm³/mol. The molecule has 206 valence electrons. The zero-order valence-electron chi connectivity index (χ0n) is 23.2. The molecule has 0 bridgehead atoms. The van der Waals surface area contributed by atoms with Gasteiger partial charge in [0.05, 0.1) is 44.9 Å². The van der Waals surface area contributed by atoms with Crippen molar-refractivity contribution in [1.29, 1.82) is 0 Å². The molecule has 0 atom stereocenters. The van der Waals surface area contributed by atoms with Crippen molar-refractivity contribution in [1.82, 2.24) is 9.97 Å². The first kappa shape index (κ1) is 26.4. The molecule has 0 fully saturated rings. The van der Waals surface area contributed by atoms with Gasteiger partial charge >= 0.3 is 0 Å². The fourth-order valence-electron chi connectivity index (χ4n) is 6.32. The van der Waals surface area contributed by atoms with Gasteiger partial charge in [-0.1, -0.05) is 62.1 Å². The minimum Gasteiger partial charge on any atom is -0.384 e. The smallest absolute Gasteiger partial charge is 0.166 e. The molecule has 0 saturated heterocycles. The maximum absolute atomic E-state index is 12.7. The van der Waals surface area contributed by atoms with Crippen LogP contribution in [-0.4, -0.2) is 34.6 Å². The molecule has 4 aromatic rings. The van der Waals surface area contributed by atoms with E-state index < -0.39 is 0 Å². The summed E-state index contributed by atoms with van der Waals surface area (Å²) in [5.74, 6) is 0.445. The first-order valence-electron chi connectivity index (χ1n) is 15.1. The normalized spacial score (nSPS) is 14.8. The molecule has 2 aromatic carbocycles. The summed E-state index contributed by atoms with van der Waals surface area (Å²) in [6, 6.07) is 16.3. The minimum absolute atomic E-state index is 0.222. The topological polar surface area (TPSA) is 84.0 Å². The SMILES string of the molecule is O=C1CCCc2nc3ccccc3c(NCCCCCCCCNc3c4c(nc5ccccc35)CCCC4=O)c21. The first-order chi connectivity index (χ1) is 19.7.